The van der Waals surface area contributed by atoms with Crippen molar-refractivity contribution in [2.24, 2.45) is 4.99 Å². The fourth-order valence-corrected chi connectivity index (χ4v) is 3.61. The number of thioether (sulfide) groups is 1. The van der Waals surface area contributed by atoms with E-state index in [0.717, 1.165) is 63.1 Å². The molecule has 1 aromatic rings. The Hall–Kier alpha value is -0.910. The van der Waals surface area contributed by atoms with E-state index in [0.29, 0.717) is 0 Å². The molecule has 24 heavy (non-hydrogen) atoms. The van der Waals surface area contributed by atoms with Crippen LogP contribution in [0.4, 0.5) is 0 Å². The zero-order valence-corrected chi connectivity index (χ0v) is 16.2. The second-order valence-corrected chi connectivity index (χ2v) is 7.71. The Balaban J connectivity index is 1.86. The highest BCUT2D eigenvalue weighted by atomic mass is 35.5. The maximum absolute atomic E-state index is 5.92. The molecule has 0 saturated carbocycles. The van der Waals surface area contributed by atoms with Crippen LogP contribution in [0.2, 0.25) is 5.02 Å². The molecule has 1 aliphatic heterocycles. The highest BCUT2D eigenvalue weighted by Gasteiger charge is 2.31. The molecule has 0 bridgehead atoms. The molecule has 2 rings (SSSR count). The van der Waals surface area contributed by atoms with Gasteiger partial charge in [-0.3, -0.25) is 4.99 Å². The second-order valence-electron chi connectivity index (χ2n) is 6.00. The molecule has 1 fully saturated rings. The fraction of sp³-hybridized carbons (Fsp3) is 0.611. The Labute approximate surface area is 154 Å². The van der Waals surface area contributed by atoms with Gasteiger partial charge in [0.05, 0.1) is 6.54 Å². The van der Waals surface area contributed by atoms with Gasteiger partial charge in [-0.15, -0.1) is 0 Å². The number of ether oxygens (including phenoxy) is 1. The first kappa shape index (κ1) is 19.4. The van der Waals surface area contributed by atoms with E-state index in [1.54, 1.807) is 0 Å². The average Bonchev–Trinajstić information content (AvgIpc) is 2.62. The van der Waals surface area contributed by atoms with Crippen molar-refractivity contribution >= 4 is 29.3 Å². The zero-order valence-electron chi connectivity index (χ0n) is 14.6. The van der Waals surface area contributed by atoms with Crippen LogP contribution in [0.5, 0.6) is 0 Å². The van der Waals surface area contributed by atoms with Crippen molar-refractivity contribution in [1.82, 2.24) is 10.6 Å². The van der Waals surface area contributed by atoms with Crippen LogP contribution in [0.25, 0.3) is 0 Å². The van der Waals surface area contributed by atoms with E-state index in [9.17, 15) is 0 Å². The summed E-state index contributed by atoms with van der Waals surface area (Å²) in [5, 5.41) is 7.54. The molecule has 4 nitrogen and oxygen atoms in total. The number of guanidine groups is 1. The van der Waals surface area contributed by atoms with Gasteiger partial charge >= 0.3 is 0 Å². The summed E-state index contributed by atoms with van der Waals surface area (Å²) in [6.45, 7) is 6.32. The van der Waals surface area contributed by atoms with Gasteiger partial charge in [-0.05, 0) is 50.1 Å². The smallest absolute Gasteiger partial charge is 0.191 e. The Morgan fingerprint density at radius 3 is 2.58 bits per heavy atom. The molecule has 1 saturated heterocycles. The minimum atomic E-state index is 0.219. The van der Waals surface area contributed by atoms with Crippen LogP contribution in [0.3, 0.4) is 0 Å². The molecule has 1 aromatic carbocycles. The van der Waals surface area contributed by atoms with Crippen molar-refractivity contribution in [3.63, 3.8) is 0 Å². The predicted octanol–water partition coefficient (Wildman–Crippen LogP) is 3.35. The summed E-state index contributed by atoms with van der Waals surface area (Å²) in [5.74, 6) is 0.895. The van der Waals surface area contributed by atoms with Crippen LogP contribution < -0.4 is 10.6 Å². The van der Waals surface area contributed by atoms with Gasteiger partial charge in [0.1, 0.15) is 0 Å². The lowest BCUT2D eigenvalue weighted by atomic mass is 9.99. The lowest BCUT2D eigenvalue weighted by molar-refractivity contribution is 0.0794. The van der Waals surface area contributed by atoms with E-state index in [2.05, 4.69) is 35.9 Å². The van der Waals surface area contributed by atoms with E-state index >= 15 is 0 Å². The number of rotatable bonds is 7. The van der Waals surface area contributed by atoms with Gasteiger partial charge in [0.25, 0.3) is 0 Å². The summed E-state index contributed by atoms with van der Waals surface area (Å²) in [6, 6.07) is 8.00. The van der Waals surface area contributed by atoms with Gasteiger partial charge in [0, 0.05) is 36.1 Å². The summed E-state index contributed by atoms with van der Waals surface area (Å²) >= 11 is 7.84. The normalized spacial score (nSPS) is 17.5. The van der Waals surface area contributed by atoms with Crippen molar-refractivity contribution in [2.45, 2.75) is 30.9 Å². The largest absolute Gasteiger partial charge is 0.381 e. The molecular weight excluding hydrogens is 342 g/mol. The Kier molecular flexibility index (Phi) is 8.22. The summed E-state index contributed by atoms with van der Waals surface area (Å²) in [6.07, 6.45) is 5.27. The second kappa shape index (κ2) is 10.2. The third-order valence-corrected chi connectivity index (χ3v) is 5.98. The highest BCUT2D eigenvalue weighted by molar-refractivity contribution is 8.00. The minimum absolute atomic E-state index is 0.219. The number of benzene rings is 1. The number of hydrogen-bond donors (Lipinski definition) is 2. The fourth-order valence-electron chi connectivity index (χ4n) is 2.71. The number of nitrogens with zero attached hydrogens (tertiary/aromatic N) is 1. The van der Waals surface area contributed by atoms with E-state index in [1.807, 2.05) is 23.9 Å². The molecular formula is C18H28ClN3OS. The van der Waals surface area contributed by atoms with Gasteiger partial charge < -0.3 is 15.4 Å². The van der Waals surface area contributed by atoms with Crippen molar-refractivity contribution in [3.8, 4) is 0 Å². The third kappa shape index (κ3) is 6.19. The van der Waals surface area contributed by atoms with Crippen LogP contribution in [-0.4, -0.2) is 49.8 Å². The monoisotopic (exact) mass is 369 g/mol. The highest BCUT2D eigenvalue weighted by Crippen LogP contribution is 2.33. The topological polar surface area (TPSA) is 45.7 Å². The molecule has 2 N–H and O–H groups in total. The van der Waals surface area contributed by atoms with E-state index < -0.39 is 0 Å². The first-order valence-electron chi connectivity index (χ1n) is 8.57. The van der Waals surface area contributed by atoms with E-state index in [1.165, 1.54) is 5.56 Å². The molecule has 0 aliphatic carbocycles. The Morgan fingerprint density at radius 2 is 1.96 bits per heavy atom. The van der Waals surface area contributed by atoms with Crippen molar-refractivity contribution in [3.05, 3.63) is 34.9 Å². The molecule has 1 heterocycles. The maximum atomic E-state index is 5.92. The molecule has 0 atom stereocenters. The summed E-state index contributed by atoms with van der Waals surface area (Å²) < 4.78 is 5.72. The minimum Gasteiger partial charge on any atom is -0.381 e. The van der Waals surface area contributed by atoms with E-state index in [4.69, 9.17) is 21.3 Å². The van der Waals surface area contributed by atoms with Gasteiger partial charge in [0.2, 0.25) is 0 Å². The SMILES string of the molecule is CCNC(=NCC1(SC)CCOCC1)NCCc1ccc(Cl)cc1. The summed E-state index contributed by atoms with van der Waals surface area (Å²) in [5.41, 5.74) is 1.27. The quantitative estimate of drug-likeness (QED) is 0.571. The zero-order chi connectivity index (χ0) is 17.3. The molecule has 1 aliphatic rings. The van der Waals surface area contributed by atoms with Crippen LogP contribution in [0, 0.1) is 0 Å². The van der Waals surface area contributed by atoms with Crippen LogP contribution in [-0.2, 0) is 11.2 Å². The lowest BCUT2D eigenvalue weighted by Crippen LogP contribution is -2.41. The molecule has 0 radical (unpaired) electrons. The average molecular weight is 370 g/mol. The van der Waals surface area contributed by atoms with Crippen LogP contribution >= 0.6 is 23.4 Å². The first-order chi connectivity index (χ1) is 11.7. The third-order valence-electron chi connectivity index (χ3n) is 4.33. The summed E-state index contributed by atoms with van der Waals surface area (Å²) in [4.78, 5) is 4.82. The van der Waals surface area contributed by atoms with Gasteiger partial charge in [-0.2, -0.15) is 11.8 Å². The van der Waals surface area contributed by atoms with Crippen molar-refractivity contribution < 1.29 is 4.74 Å². The molecule has 0 aromatic heterocycles. The van der Waals surface area contributed by atoms with Crippen molar-refractivity contribution in [1.29, 1.82) is 0 Å². The number of nitrogens with one attached hydrogen (secondary N) is 2. The van der Waals surface area contributed by atoms with Gasteiger partial charge in [-0.1, -0.05) is 23.7 Å². The van der Waals surface area contributed by atoms with Crippen molar-refractivity contribution in [2.75, 3.05) is 39.1 Å². The lowest BCUT2D eigenvalue weighted by Gasteiger charge is -2.34. The molecule has 0 unspecified atom stereocenters. The first-order valence-corrected chi connectivity index (χ1v) is 10.2. The van der Waals surface area contributed by atoms with Crippen LogP contribution in [0.1, 0.15) is 25.3 Å². The number of hydrogen-bond acceptors (Lipinski definition) is 3. The number of aliphatic imine (C=N–C) groups is 1. The molecule has 0 spiro atoms. The Bertz CT molecular complexity index is 516. The Morgan fingerprint density at radius 1 is 1.25 bits per heavy atom. The standard InChI is InChI=1S/C18H28ClN3OS/c1-3-20-17(21-11-8-15-4-6-16(19)7-5-15)22-14-18(24-2)9-12-23-13-10-18/h4-7H,3,8-14H2,1-2H3,(H2,20,21,22). The van der Waals surface area contributed by atoms with E-state index in [-0.39, 0.29) is 4.75 Å². The maximum Gasteiger partial charge on any atom is 0.191 e. The molecule has 0 amide bonds. The summed E-state index contributed by atoms with van der Waals surface area (Å²) in [7, 11) is 0. The molecule has 134 valence electrons. The van der Waals surface area contributed by atoms with Gasteiger partial charge in [0.15, 0.2) is 5.96 Å². The van der Waals surface area contributed by atoms with Crippen LogP contribution in [0.15, 0.2) is 29.3 Å². The van der Waals surface area contributed by atoms with Gasteiger partial charge in [-0.25, -0.2) is 0 Å². The molecule has 6 heteroatoms. The predicted molar refractivity (Wildman–Crippen MR) is 105 cm³/mol. The number of halogens is 1.